The Hall–Kier alpha value is -3.01. The largest absolute Gasteiger partial charge is 0.497 e. The molecule has 0 spiro atoms. The van der Waals surface area contributed by atoms with Crippen LogP contribution < -0.4 is 15.4 Å². The lowest BCUT2D eigenvalue weighted by Gasteiger charge is -2.31. The van der Waals surface area contributed by atoms with E-state index in [0.29, 0.717) is 43.4 Å². The van der Waals surface area contributed by atoms with Gasteiger partial charge in [-0.3, -0.25) is 14.4 Å². The summed E-state index contributed by atoms with van der Waals surface area (Å²) < 4.78 is 5.10. The molecule has 2 N–H and O–H groups in total. The van der Waals surface area contributed by atoms with Gasteiger partial charge >= 0.3 is 0 Å². The molecule has 0 aliphatic carbocycles. The molecule has 9 nitrogen and oxygen atoms in total. The molecule has 0 bridgehead atoms. The molecule has 3 rings (SSSR count). The lowest BCUT2D eigenvalue weighted by molar-refractivity contribution is -0.122. The van der Waals surface area contributed by atoms with Gasteiger partial charge < -0.3 is 20.3 Å². The lowest BCUT2D eigenvalue weighted by atomic mass is 9.93. The van der Waals surface area contributed by atoms with E-state index in [-0.39, 0.29) is 27.7 Å². The van der Waals surface area contributed by atoms with Crippen LogP contribution >= 0.6 is 11.3 Å². The molecule has 1 aromatic heterocycles. The summed E-state index contributed by atoms with van der Waals surface area (Å²) in [6.45, 7) is 6.10. The monoisotopic (exact) mass is 473 g/mol. The van der Waals surface area contributed by atoms with Gasteiger partial charge in [-0.1, -0.05) is 25.2 Å². The number of ether oxygens (including phenoxy) is 1. The van der Waals surface area contributed by atoms with Crippen LogP contribution in [0.5, 0.6) is 5.75 Å². The fourth-order valence-electron chi connectivity index (χ4n) is 3.57. The van der Waals surface area contributed by atoms with Crippen LogP contribution in [0.4, 0.5) is 5.69 Å². The first-order chi connectivity index (χ1) is 15.9. The minimum atomic E-state index is -0.418. The van der Waals surface area contributed by atoms with Gasteiger partial charge in [0.15, 0.2) is 0 Å². The van der Waals surface area contributed by atoms with E-state index in [1.54, 1.807) is 36.3 Å². The highest BCUT2D eigenvalue weighted by molar-refractivity contribution is 7.15. The Balaban J connectivity index is 1.46. The predicted molar refractivity (Wildman–Crippen MR) is 127 cm³/mol. The Morgan fingerprint density at radius 3 is 2.42 bits per heavy atom. The van der Waals surface area contributed by atoms with Gasteiger partial charge in [-0.25, -0.2) is 0 Å². The van der Waals surface area contributed by atoms with Crippen LogP contribution in [0, 0.1) is 11.8 Å². The number of methoxy groups -OCH3 is 1. The van der Waals surface area contributed by atoms with Crippen molar-refractivity contribution in [1.82, 2.24) is 20.4 Å². The third-order valence-corrected chi connectivity index (χ3v) is 6.48. The summed E-state index contributed by atoms with van der Waals surface area (Å²) in [5, 5.41) is 13.9. The van der Waals surface area contributed by atoms with Crippen LogP contribution in [-0.2, 0) is 4.79 Å². The third kappa shape index (κ3) is 7.24. The van der Waals surface area contributed by atoms with E-state index in [1.165, 1.54) is 0 Å². The molecular weight excluding hydrogens is 442 g/mol. The zero-order valence-corrected chi connectivity index (χ0v) is 20.1. The predicted octanol–water partition coefficient (Wildman–Crippen LogP) is 3.20. The standard InChI is InChI=1S/C23H31N5O4S/c1-15(2)8-11-24-19(29)14-16-9-12-28(13-10-16)23(31)22-27-26-21(33-22)20(30)25-17-4-6-18(32-3)7-5-17/h4-7,15-16H,8-14H2,1-3H3,(H,24,29)(H,25,30). The molecule has 2 aromatic rings. The van der Waals surface area contributed by atoms with E-state index >= 15 is 0 Å². The summed E-state index contributed by atoms with van der Waals surface area (Å²) in [6.07, 6.45) is 3.01. The van der Waals surface area contributed by atoms with Gasteiger partial charge in [0.25, 0.3) is 11.8 Å². The lowest BCUT2D eigenvalue weighted by Crippen LogP contribution is -2.39. The second kappa shape index (κ2) is 11.7. The van der Waals surface area contributed by atoms with E-state index in [2.05, 4.69) is 34.7 Å². The van der Waals surface area contributed by atoms with Crippen molar-refractivity contribution in [3.8, 4) is 5.75 Å². The molecule has 0 unspecified atom stereocenters. The van der Waals surface area contributed by atoms with Crippen molar-refractivity contribution in [2.45, 2.75) is 39.5 Å². The first-order valence-corrected chi connectivity index (χ1v) is 12.0. The van der Waals surface area contributed by atoms with E-state index in [4.69, 9.17) is 4.74 Å². The van der Waals surface area contributed by atoms with Crippen LogP contribution in [0.3, 0.4) is 0 Å². The number of carbonyl (C=O) groups is 3. The quantitative estimate of drug-likeness (QED) is 0.578. The molecule has 33 heavy (non-hydrogen) atoms. The Kier molecular flexibility index (Phi) is 8.76. The number of anilines is 1. The number of carbonyl (C=O) groups excluding carboxylic acids is 3. The number of piperidine rings is 1. The van der Waals surface area contributed by atoms with Crippen molar-refractivity contribution in [1.29, 1.82) is 0 Å². The Bertz CT molecular complexity index is 952. The fourth-order valence-corrected chi connectivity index (χ4v) is 4.28. The maximum Gasteiger partial charge on any atom is 0.286 e. The summed E-state index contributed by atoms with van der Waals surface area (Å²) in [5.74, 6) is 0.960. The van der Waals surface area contributed by atoms with Crippen molar-refractivity contribution in [3.05, 3.63) is 34.3 Å². The van der Waals surface area contributed by atoms with Gasteiger partial charge in [0.2, 0.25) is 15.9 Å². The summed E-state index contributed by atoms with van der Waals surface area (Å²) in [7, 11) is 1.57. The molecule has 0 radical (unpaired) electrons. The zero-order valence-electron chi connectivity index (χ0n) is 19.3. The molecule has 3 amide bonds. The fraction of sp³-hybridized carbons (Fsp3) is 0.522. The molecule has 178 valence electrons. The number of benzene rings is 1. The molecule has 1 fully saturated rings. The molecular formula is C23H31N5O4S. The van der Waals surface area contributed by atoms with Crippen LogP contribution in [0.25, 0.3) is 0 Å². The molecule has 0 atom stereocenters. The van der Waals surface area contributed by atoms with Crippen LogP contribution in [0.15, 0.2) is 24.3 Å². The number of rotatable bonds is 9. The smallest absolute Gasteiger partial charge is 0.286 e. The Labute approximate surface area is 197 Å². The van der Waals surface area contributed by atoms with Gasteiger partial charge in [0.05, 0.1) is 7.11 Å². The normalized spacial score (nSPS) is 14.2. The minimum absolute atomic E-state index is 0.0806. The van der Waals surface area contributed by atoms with E-state index in [9.17, 15) is 14.4 Å². The van der Waals surface area contributed by atoms with Crippen molar-refractivity contribution in [3.63, 3.8) is 0 Å². The second-order valence-electron chi connectivity index (χ2n) is 8.57. The summed E-state index contributed by atoms with van der Waals surface area (Å²) >= 11 is 0.978. The van der Waals surface area contributed by atoms with Gasteiger partial charge in [0.1, 0.15) is 5.75 Å². The average molecular weight is 474 g/mol. The molecule has 2 heterocycles. The minimum Gasteiger partial charge on any atom is -0.497 e. The number of nitrogens with one attached hydrogen (secondary N) is 2. The summed E-state index contributed by atoms with van der Waals surface area (Å²) in [4.78, 5) is 39.1. The molecule has 10 heteroatoms. The van der Waals surface area contributed by atoms with Crippen LogP contribution in [-0.4, -0.2) is 59.6 Å². The van der Waals surface area contributed by atoms with E-state index < -0.39 is 5.91 Å². The van der Waals surface area contributed by atoms with Gasteiger partial charge in [-0.05, 0) is 55.4 Å². The molecule has 0 saturated carbocycles. The first-order valence-electron chi connectivity index (χ1n) is 11.2. The number of amides is 3. The maximum absolute atomic E-state index is 12.8. The molecule has 1 saturated heterocycles. The van der Waals surface area contributed by atoms with Gasteiger partial charge in [-0.2, -0.15) is 0 Å². The summed E-state index contributed by atoms with van der Waals surface area (Å²) in [6, 6.07) is 6.92. The zero-order chi connectivity index (χ0) is 23.8. The van der Waals surface area contributed by atoms with Gasteiger partial charge in [0, 0.05) is 31.7 Å². The highest BCUT2D eigenvalue weighted by Gasteiger charge is 2.27. The summed E-state index contributed by atoms with van der Waals surface area (Å²) in [5.41, 5.74) is 0.596. The third-order valence-electron chi connectivity index (χ3n) is 5.57. The maximum atomic E-state index is 12.8. The first kappa shape index (κ1) is 24.6. The molecule has 1 aliphatic rings. The Morgan fingerprint density at radius 2 is 1.79 bits per heavy atom. The van der Waals surface area contributed by atoms with Crippen LogP contribution in [0.2, 0.25) is 0 Å². The van der Waals surface area contributed by atoms with Crippen LogP contribution in [0.1, 0.15) is 59.1 Å². The number of hydrogen-bond donors (Lipinski definition) is 2. The van der Waals surface area contributed by atoms with Crippen molar-refractivity contribution in [2.75, 3.05) is 32.1 Å². The van der Waals surface area contributed by atoms with Crippen molar-refractivity contribution in [2.24, 2.45) is 11.8 Å². The Morgan fingerprint density at radius 1 is 1.12 bits per heavy atom. The number of hydrogen-bond acceptors (Lipinski definition) is 7. The molecule has 1 aliphatic heterocycles. The topological polar surface area (TPSA) is 114 Å². The van der Waals surface area contributed by atoms with E-state index in [0.717, 1.165) is 30.6 Å². The van der Waals surface area contributed by atoms with Gasteiger partial charge in [-0.15, -0.1) is 10.2 Å². The number of likely N-dealkylation sites (tertiary alicyclic amines) is 1. The van der Waals surface area contributed by atoms with E-state index in [1.807, 2.05) is 0 Å². The highest BCUT2D eigenvalue weighted by atomic mass is 32.1. The molecule has 1 aromatic carbocycles. The van der Waals surface area contributed by atoms with Crippen molar-refractivity contribution >= 4 is 34.7 Å². The number of aromatic nitrogens is 2. The average Bonchev–Trinajstić information content (AvgIpc) is 3.30. The highest BCUT2D eigenvalue weighted by Crippen LogP contribution is 2.23. The number of nitrogens with zero attached hydrogens (tertiary/aromatic N) is 3. The SMILES string of the molecule is COc1ccc(NC(=O)c2nnc(C(=O)N3CCC(CC(=O)NCCC(C)C)CC3)s2)cc1. The van der Waals surface area contributed by atoms with Crippen molar-refractivity contribution < 1.29 is 19.1 Å². The second-order valence-corrected chi connectivity index (χ2v) is 9.54.